The molecule has 0 saturated heterocycles. The second kappa shape index (κ2) is 7.52. The summed E-state index contributed by atoms with van der Waals surface area (Å²) in [6, 6.07) is 2.00. The van der Waals surface area contributed by atoms with Crippen molar-refractivity contribution in [2.75, 3.05) is 18.6 Å². The van der Waals surface area contributed by atoms with Gasteiger partial charge in [-0.3, -0.25) is 0 Å². The maximum absolute atomic E-state index is 5.46. The predicted octanol–water partition coefficient (Wildman–Crippen LogP) is 3.55. The molecule has 0 radical (unpaired) electrons. The fourth-order valence-corrected chi connectivity index (χ4v) is 3.61. The molecule has 0 spiro atoms. The number of hydrogen-bond donors (Lipinski definition) is 0. The molecule has 6 heteroatoms. The van der Waals surface area contributed by atoms with Crippen LogP contribution in [0.25, 0.3) is 0 Å². The van der Waals surface area contributed by atoms with Crippen molar-refractivity contribution in [2.24, 2.45) is 5.92 Å². The van der Waals surface area contributed by atoms with Crippen LogP contribution in [0.5, 0.6) is 0 Å². The molecule has 2 fully saturated rings. The molecule has 0 N–H and O–H groups in total. The van der Waals surface area contributed by atoms with Crippen LogP contribution < -0.4 is 4.90 Å². The third-order valence-electron chi connectivity index (χ3n) is 5.60. The van der Waals surface area contributed by atoms with Crippen molar-refractivity contribution in [2.45, 2.75) is 57.1 Å². The number of oxazole rings is 1. The summed E-state index contributed by atoms with van der Waals surface area (Å²) in [5.74, 6) is 3.98. The standard InChI is InChI=1S/C19H26N4O2/c1-24-16-11-14(12-16)6-9-23(13-18-20-8-10-25-18)17-5-7-21-19(22-17)15-3-2-4-15/h5,7-8,10,14-16H,2-4,6,9,11-13H2,1H3. The highest BCUT2D eigenvalue weighted by Crippen LogP contribution is 2.35. The molecular formula is C19H26N4O2. The molecule has 2 saturated carbocycles. The van der Waals surface area contributed by atoms with E-state index in [4.69, 9.17) is 14.1 Å². The second-order valence-electron chi connectivity index (χ2n) is 7.23. The monoisotopic (exact) mass is 342 g/mol. The Bertz CT molecular complexity index is 666. The molecule has 0 bridgehead atoms. The largest absolute Gasteiger partial charge is 0.447 e. The van der Waals surface area contributed by atoms with Gasteiger partial charge in [0.1, 0.15) is 17.9 Å². The van der Waals surface area contributed by atoms with Crippen molar-refractivity contribution < 1.29 is 9.15 Å². The first-order valence-corrected chi connectivity index (χ1v) is 9.31. The van der Waals surface area contributed by atoms with E-state index in [-0.39, 0.29) is 0 Å². The van der Waals surface area contributed by atoms with Crippen molar-refractivity contribution >= 4 is 5.82 Å². The van der Waals surface area contributed by atoms with Crippen LogP contribution in [-0.2, 0) is 11.3 Å². The van der Waals surface area contributed by atoms with Gasteiger partial charge in [0, 0.05) is 25.8 Å². The first-order chi connectivity index (χ1) is 12.3. The average Bonchev–Trinajstić information content (AvgIpc) is 3.04. The van der Waals surface area contributed by atoms with Crippen LogP contribution in [0.4, 0.5) is 5.82 Å². The Hall–Kier alpha value is -1.95. The van der Waals surface area contributed by atoms with E-state index in [0.29, 0.717) is 18.6 Å². The molecule has 0 aliphatic heterocycles. The Morgan fingerprint density at radius 2 is 2.12 bits per heavy atom. The fraction of sp³-hybridized carbons (Fsp3) is 0.632. The van der Waals surface area contributed by atoms with Crippen LogP contribution in [0.15, 0.2) is 29.1 Å². The van der Waals surface area contributed by atoms with Crippen molar-refractivity contribution in [3.63, 3.8) is 0 Å². The molecule has 2 aliphatic rings. The number of hydrogen-bond acceptors (Lipinski definition) is 6. The van der Waals surface area contributed by atoms with Gasteiger partial charge in [-0.2, -0.15) is 0 Å². The minimum absolute atomic E-state index is 0.453. The Balaban J connectivity index is 1.44. The second-order valence-corrected chi connectivity index (χ2v) is 7.23. The molecule has 0 unspecified atom stereocenters. The SMILES string of the molecule is COC1CC(CCN(Cc2ncco2)c2ccnc(C3CCC3)n2)C1. The molecule has 2 aromatic rings. The minimum Gasteiger partial charge on any atom is -0.447 e. The van der Waals surface area contributed by atoms with E-state index in [1.54, 1.807) is 19.6 Å². The van der Waals surface area contributed by atoms with Gasteiger partial charge in [-0.1, -0.05) is 6.42 Å². The van der Waals surface area contributed by atoms with Crippen molar-refractivity contribution in [1.82, 2.24) is 15.0 Å². The maximum Gasteiger partial charge on any atom is 0.213 e. The lowest BCUT2D eigenvalue weighted by Gasteiger charge is -2.35. The van der Waals surface area contributed by atoms with Crippen molar-refractivity contribution in [3.8, 4) is 0 Å². The van der Waals surface area contributed by atoms with E-state index in [0.717, 1.165) is 36.4 Å². The van der Waals surface area contributed by atoms with Crippen LogP contribution in [0, 0.1) is 5.92 Å². The van der Waals surface area contributed by atoms with Crippen LogP contribution in [-0.4, -0.2) is 34.7 Å². The van der Waals surface area contributed by atoms with E-state index in [1.807, 2.05) is 12.3 Å². The van der Waals surface area contributed by atoms with Crippen LogP contribution in [0.3, 0.4) is 0 Å². The molecule has 0 amide bonds. The topological polar surface area (TPSA) is 64.3 Å². The lowest BCUT2D eigenvalue weighted by atomic mass is 9.80. The van der Waals surface area contributed by atoms with E-state index in [9.17, 15) is 0 Å². The van der Waals surface area contributed by atoms with Gasteiger partial charge in [-0.25, -0.2) is 15.0 Å². The van der Waals surface area contributed by atoms with Crippen molar-refractivity contribution in [1.29, 1.82) is 0 Å². The first-order valence-electron chi connectivity index (χ1n) is 9.31. The summed E-state index contributed by atoms with van der Waals surface area (Å²) in [6.07, 6.45) is 12.9. The molecule has 4 rings (SSSR count). The maximum atomic E-state index is 5.46. The zero-order chi connectivity index (χ0) is 17.1. The van der Waals surface area contributed by atoms with Crippen LogP contribution >= 0.6 is 0 Å². The molecule has 0 atom stereocenters. The average molecular weight is 342 g/mol. The summed E-state index contributed by atoms with van der Waals surface area (Å²) in [4.78, 5) is 15.9. The quantitative estimate of drug-likeness (QED) is 0.731. The van der Waals surface area contributed by atoms with Gasteiger partial charge in [0.05, 0.1) is 18.8 Å². The molecule has 6 nitrogen and oxygen atoms in total. The van der Waals surface area contributed by atoms with Gasteiger partial charge in [0.2, 0.25) is 5.89 Å². The van der Waals surface area contributed by atoms with Gasteiger partial charge >= 0.3 is 0 Å². The highest BCUT2D eigenvalue weighted by Gasteiger charge is 2.29. The molecule has 134 valence electrons. The molecule has 2 aliphatic carbocycles. The summed E-state index contributed by atoms with van der Waals surface area (Å²) >= 11 is 0. The lowest BCUT2D eigenvalue weighted by Crippen LogP contribution is -2.34. The van der Waals surface area contributed by atoms with Crippen molar-refractivity contribution in [3.05, 3.63) is 36.4 Å². The van der Waals surface area contributed by atoms with Gasteiger partial charge in [-0.05, 0) is 44.1 Å². The van der Waals surface area contributed by atoms with Crippen LogP contribution in [0.1, 0.15) is 56.2 Å². The highest BCUT2D eigenvalue weighted by atomic mass is 16.5. The van der Waals surface area contributed by atoms with Gasteiger partial charge in [0.25, 0.3) is 0 Å². The van der Waals surface area contributed by atoms with Gasteiger partial charge in [0.15, 0.2) is 0 Å². The zero-order valence-electron chi connectivity index (χ0n) is 14.8. The van der Waals surface area contributed by atoms with E-state index in [1.165, 1.54) is 32.1 Å². The zero-order valence-corrected chi connectivity index (χ0v) is 14.8. The summed E-state index contributed by atoms with van der Waals surface area (Å²) in [5.41, 5.74) is 0. The number of anilines is 1. The van der Waals surface area contributed by atoms with Gasteiger partial charge < -0.3 is 14.1 Å². The Labute approximate surface area is 148 Å². The minimum atomic E-state index is 0.453. The van der Waals surface area contributed by atoms with E-state index >= 15 is 0 Å². The summed E-state index contributed by atoms with van der Waals surface area (Å²) in [5, 5.41) is 0. The molecular weight excluding hydrogens is 316 g/mol. The number of aromatic nitrogens is 3. The summed E-state index contributed by atoms with van der Waals surface area (Å²) in [6.45, 7) is 1.60. The summed E-state index contributed by atoms with van der Waals surface area (Å²) in [7, 11) is 1.80. The van der Waals surface area contributed by atoms with E-state index in [2.05, 4.69) is 14.9 Å². The Morgan fingerprint density at radius 3 is 2.80 bits per heavy atom. The smallest absolute Gasteiger partial charge is 0.213 e. The first kappa shape index (κ1) is 16.5. The molecule has 2 heterocycles. The number of ether oxygens (including phenoxy) is 1. The summed E-state index contributed by atoms with van der Waals surface area (Å²) < 4.78 is 10.9. The third kappa shape index (κ3) is 3.84. The Kier molecular flexibility index (Phi) is 4.97. The predicted molar refractivity (Wildman–Crippen MR) is 94.3 cm³/mol. The number of rotatable bonds is 8. The highest BCUT2D eigenvalue weighted by molar-refractivity contribution is 5.38. The lowest BCUT2D eigenvalue weighted by molar-refractivity contribution is -0.000862. The van der Waals surface area contributed by atoms with E-state index < -0.39 is 0 Å². The number of methoxy groups -OCH3 is 1. The van der Waals surface area contributed by atoms with Gasteiger partial charge in [-0.15, -0.1) is 0 Å². The molecule has 0 aromatic carbocycles. The third-order valence-corrected chi connectivity index (χ3v) is 5.60. The fourth-order valence-electron chi connectivity index (χ4n) is 3.61. The molecule has 25 heavy (non-hydrogen) atoms. The van der Waals surface area contributed by atoms with Crippen LogP contribution in [0.2, 0.25) is 0 Å². The molecule has 2 aromatic heterocycles. The normalized spacial score (nSPS) is 23.1. The number of nitrogens with zero attached hydrogens (tertiary/aromatic N) is 4. The Morgan fingerprint density at radius 1 is 1.24 bits per heavy atom.